The van der Waals surface area contributed by atoms with Crippen LogP contribution in [0.3, 0.4) is 0 Å². The highest BCUT2D eigenvalue weighted by molar-refractivity contribution is 5.92. The van der Waals surface area contributed by atoms with Crippen LogP contribution in [0.5, 0.6) is 0 Å². The van der Waals surface area contributed by atoms with Crippen LogP contribution < -0.4 is 16.4 Å². The van der Waals surface area contributed by atoms with Gasteiger partial charge in [0.2, 0.25) is 5.91 Å². The molecule has 3 amide bonds. The van der Waals surface area contributed by atoms with Gasteiger partial charge < -0.3 is 16.4 Å². The van der Waals surface area contributed by atoms with Crippen molar-refractivity contribution in [2.45, 2.75) is 32.9 Å². The molecule has 1 atom stereocenters. The van der Waals surface area contributed by atoms with E-state index in [4.69, 9.17) is 5.73 Å². The molecule has 24 heavy (non-hydrogen) atoms. The lowest BCUT2D eigenvalue weighted by Gasteiger charge is -2.15. The molecule has 0 spiro atoms. The Hall–Kier alpha value is -2.82. The molecule has 2 rings (SSSR count). The molecule has 2 aromatic carbocycles. The second-order valence-corrected chi connectivity index (χ2v) is 5.71. The summed E-state index contributed by atoms with van der Waals surface area (Å²) in [7, 11) is 0. The quantitative estimate of drug-likeness (QED) is 0.763. The first-order chi connectivity index (χ1) is 11.5. The lowest BCUT2D eigenvalue weighted by molar-refractivity contribution is 0.1000. The molecule has 2 aromatic rings. The summed E-state index contributed by atoms with van der Waals surface area (Å²) in [6.07, 6.45) is 0.993. The molecular weight excluding hydrogens is 302 g/mol. The minimum absolute atomic E-state index is 0.0899. The van der Waals surface area contributed by atoms with Crippen molar-refractivity contribution in [2.75, 3.05) is 0 Å². The molecule has 0 fully saturated rings. The van der Waals surface area contributed by atoms with E-state index in [1.54, 1.807) is 18.2 Å². The molecule has 5 nitrogen and oxygen atoms in total. The van der Waals surface area contributed by atoms with Gasteiger partial charge in [-0.3, -0.25) is 4.79 Å². The van der Waals surface area contributed by atoms with Gasteiger partial charge in [0.15, 0.2) is 0 Å². The smallest absolute Gasteiger partial charge is 0.315 e. The zero-order chi connectivity index (χ0) is 17.5. The van der Waals surface area contributed by atoms with E-state index in [1.165, 1.54) is 5.56 Å². The standard InChI is InChI=1S/C19H23N3O2/c1-3-14-7-9-16(10-8-14)13(2)22-19(24)21-12-15-5-4-6-17(11-15)18(20)23/h4-11,13H,3,12H2,1-2H3,(H2,20,23)(H2,21,22,24). The molecule has 0 saturated carbocycles. The Balaban J connectivity index is 1.88. The van der Waals surface area contributed by atoms with E-state index in [0.29, 0.717) is 12.1 Å². The van der Waals surface area contributed by atoms with E-state index >= 15 is 0 Å². The van der Waals surface area contributed by atoms with Crippen molar-refractivity contribution in [3.63, 3.8) is 0 Å². The predicted octanol–water partition coefficient (Wildman–Crippen LogP) is 2.91. The van der Waals surface area contributed by atoms with Crippen LogP contribution in [0.2, 0.25) is 0 Å². The first-order valence-corrected chi connectivity index (χ1v) is 8.01. The number of hydrogen-bond acceptors (Lipinski definition) is 2. The second-order valence-electron chi connectivity index (χ2n) is 5.71. The van der Waals surface area contributed by atoms with E-state index in [0.717, 1.165) is 17.5 Å². The third-order valence-corrected chi connectivity index (χ3v) is 3.90. The van der Waals surface area contributed by atoms with Crippen molar-refractivity contribution >= 4 is 11.9 Å². The summed E-state index contributed by atoms with van der Waals surface area (Å²) in [6, 6.07) is 14.7. The summed E-state index contributed by atoms with van der Waals surface area (Å²) in [5.74, 6) is -0.481. The number of carbonyl (C=O) groups excluding carboxylic acids is 2. The number of nitrogens with two attached hydrogens (primary N) is 1. The highest BCUT2D eigenvalue weighted by atomic mass is 16.2. The topological polar surface area (TPSA) is 84.2 Å². The van der Waals surface area contributed by atoms with Crippen LogP contribution in [0, 0.1) is 0 Å². The molecule has 1 unspecified atom stereocenters. The summed E-state index contributed by atoms with van der Waals surface area (Å²) >= 11 is 0. The van der Waals surface area contributed by atoms with E-state index in [1.807, 2.05) is 25.1 Å². The zero-order valence-electron chi connectivity index (χ0n) is 14.0. The van der Waals surface area contributed by atoms with Gasteiger partial charge >= 0.3 is 6.03 Å². The maximum Gasteiger partial charge on any atom is 0.315 e. The number of rotatable bonds is 6. The van der Waals surface area contributed by atoms with Crippen LogP contribution in [-0.2, 0) is 13.0 Å². The van der Waals surface area contributed by atoms with Crippen LogP contribution in [0.1, 0.15) is 46.9 Å². The van der Waals surface area contributed by atoms with E-state index in [-0.39, 0.29) is 12.1 Å². The number of urea groups is 1. The fraction of sp³-hybridized carbons (Fsp3) is 0.263. The van der Waals surface area contributed by atoms with E-state index in [2.05, 4.69) is 29.7 Å². The summed E-state index contributed by atoms with van der Waals surface area (Å²) in [5.41, 5.74) is 8.82. The number of aryl methyl sites for hydroxylation is 1. The lowest BCUT2D eigenvalue weighted by atomic mass is 10.1. The normalized spacial score (nSPS) is 11.6. The number of nitrogens with one attached hydrogen (secondary N) is 2. The Labute approximate surface area is 142 Å². The number of carbonyl (C=O) groups is 2. The molecule has 0 aromatic heterocycles. The van der Waals surface area contributed by atoms with Gasteiger partial charge in [0.25, 0.3) is 0 Å². The maximum absolute atomic E-state index is 12.0. The van der Waals surface area contributed by atoms with Crippen LogP contribution >= 0.6 is 0 Å². The summed E-state index contributed by atoms with van der Waals surface area (Å²) in [5, 5.41) is 5.69. The first-order valence-electron chi connectivity index (χ1n) is 8.01. The fourth-order valence-electron chi connectivity index (χ4n) is 2.39. The van der Waals surface area contributed by atoms with Gasteiger partial charge in [-0.1, -0.05) is 43.3 Å². The Morgan fingerprint density at radius 2 is 1.79 bits per heavy atom. The van der Waals surface area contributed by atoms with Crippen molar-refractivity contribution in [3.05, 3.63) is 70.8 Å². The van der Waals surface area contributed by atoms with Crippen molar-refractivity contribution in [2.24, 2.45) is 5.73 Å². The van der Waals surface area contributed by atoms with E-state index in [9.17, 15) is 9.59 Å². The van der Waals surface area contributed by atoms with Crippen LogP contribution in [0.25, 0.3) is 0 Å². The van der Waals surface area contributed by atoms with Crippen molar-refractivity contribution < 1.29 is 9.59 Å². The van der Waals surface area contributed by atoms with Crippen molar-refractivity contribution in [3.8, 4) is 0 Å². The molecule has 126 valence electrons. The summed E-state index contributed by atoms with van der Waals surface area (Å²) in [6.45, 7) is 4.38. The molecule has 0 radical (unpaired) electrons. The molecule has 0 bridgehead atoms. The third kappa shape index (κ3) is 4.84. The largest absolute Gasteiger partial charge is 0.366 e. The summed E-state index contributed by atoms with van der Waals surface area (Å²) < 4.78 is 0. The van der Waals surface area contributed by atoms with E-state index < -0.39 is 5.91 Å². The van der Waals surface area contributed by atoms with Gasteiger partial charge in [-0.05, 0) is 42.2 Å². The predicted molar refractivity (Wildman–Crippen MR) is 94.6 cm³/mol. The third-order valence-electron chi connectivity index (χ3n) is 3.90. The molecule has 5 heteroatoms. The van der Waals surface area contributed by atoms with Gasteiger partial charge in [-0.2, -0.15) is 0 Å². The molecular formula is C19H23N3O2. The highest BCUT2D eigenvalue weighted by Gasteiger charge is 2.09. The average Bonchev–Trinajstić information content (AvgIpc) is 2.60. The molecule has 0 aliphatic carbocycles. The van der Waals surface area contributed by atoms with Crippen LogP contribution in [0.15, 0.2) is 48.5 Å². The highest BCUT2D eigenvalue weighted by Crippen LogP contribution is 2.13. The van der Waals surface area contributed by atoms with Gasteiger partial charge in [0, 0.05) is 12.1 Å². The van der Waals surface area contributed by atoms with Gasteiger partial charge in [0.05, 0.1) is 6.04 Å². The van der Waals surface area contributed by atoms with Crippen molar-refractivity contribution in [1.29, 1.82) is 0 Å². The number of benzene rings is 2. The second kappa shape index (κ2) is 8.15. The van der Waals surface area contributed by atoms with Gasteiger partial charge in [0.1, 0.15) is 0 Å². The Morgan fingerprint density at radius 1 is 1.08 bits per heavy atom. The lowest BCUT2D eigenvalue weighted by Crippen LogP contribution is -2.36. The minimum atomic E-state index is -0.481. The summed E-state index contributed by atoms with van der Waals surface area (Å²) in [4.78, 5) is 23.2. The first kappa shape index (κ1) is 17.5. The monoisotopic (exact) mass is 325 g/mol. The maximum atomic E-state index is 12.0. The molecule has 4 N–H and O–H groups in total. The minimum Gasteiger partial charge on any atom is -0.366 e. The number of hydrogen-bond donors (Lipinski definition) is 3. The Morgan fingerprint density at radius 3 is 2.42 bits per heavy atom. The van der Waals surface area contributed by atoms with Gasteiger partial charge in [-0.15, -0.1) is 0 Å². The van der Waals surface area contributed by atoms with Crippen molar-refractivity contribution in [1.82, 2.24) is 10.6 Å². The zero-order valence-corrected chi connectivity index (χ0v) is 14.0. The molecule has 0 saturated heterocycles. The average molecular weight is 325 g/mol. The molecule has 0 heterocycles. The van der Waals surface area contributed by atoms with Gasteiger partial charge in [-0.25, -0.2) is 4.79 Å². The molecule has 0 aliphatic heterocycles. The molecule has 0 aliphatic rings. The number of amides is 3. The number of primary amides is 1. The Kier molecular flexibility index (Phi) is 5.95. The van der Waals surface area contributed by atoms with Crippen LogP contribution in [0.4, 0.5) is 4.79 Å². The fourth-order valence-corrected chi connectivity index (χ4v) is 2.39. The Bertz CT molecular complexity index is 711. The van der Waals surface area contributed by atoms with Crippen LogP contribution in [-0.4, -0.2) is 11.9 Å². The SMILES string of the molecule is CCc1ccc(C(C)NC(=O)NCc2cccc(C(N)=O)c2)cc1.